The lowest BCUT2D eigenvalue weighted by molar-refractivity contribution is -0.0292. The van der Waals surface area contributed by atoms with Gasteiger partial charge in [0, 0.05) is 19.9 Å². The summed E-state index contributed by atoms with van der Waals surface area (Å²) >= 11 is 0. The number of hydrogen-bond donors (Lipinski definition) is 0. The minimum Gasteiger partial charge on any atom is -0.367 e. The van der Waals surface area contributed by atoms with E-state index < -0.39 is 5.60 Å². The Kier molecular flexibility index (Phi) is 4.17. The van der Waals surface area contributed by atoms with Gasteiger partial charge in [0.2, 0.25) is 0 Å². The van der Waals surface area contributed by atoms with Gasteiger partial charge in [-0.1, -0.05) is 25.7 Å². The predicted molar refractivity (Wildman–Crippen MR) is 69.6 cm³/mol. The molecule has 0 aromatic carbocycles. The highest BCUT2D eigenvalue weighted by atomic mass is 16.5. The average molecular weight is 250 g/mol. The summed E-state index contributed by atoms with van der Waals surface area (Å²) in [5.41, 5.74) is 0.0710. The fraction of sp³-hybridized carbons (Fsp3) is 0.714. The molecule has 1 heterocycles. The van der Waals surface area contributed by atoms with Gasteiger partial charge in [0.25, 0.3) is 0 Å². The molecule has 1 aliphatic carbocycles. The molecule has 1 aliphatic rings. The Balaban J connectivity index is 2.25. The highest BCUT2D eigenvalue weighted by molar-refractivity contribution is 6.02. The van der Waals surface area contributed by atoms with E-state index in [0.29, 0.717) is 12.2 Å². The molecule has 1 saturated carbocycles. The monoisotopic (exact) mass is 250 g/mol. The first-order valence-corrected chi connectivity index (χ1v) is 6.85. The number of carbonyl (C=O) groups excluding carboxylic acids is 1. The van der Waals surface area contributed by atoms with Crippen molar-refractivity contribution in [3.63, 3.8) is 0 Å². The molecule has 0 N–H and O–H groups in total. The molecule has 0 amide bonds. The van der Waals surface area contributed by atoms with E-state index in [1.54, 1.807) is 17.1 Å². The third kappa shape index (κ3) is 2.64. The molecule has 0 radical (unpaired) electrons. The quantitative estimate of drug-likeness (QED) is 0.609. The number of carbonyl (C=O) groups is 1. The first-order valence-electron chi connectivity index (χ1n) is 6.85. The van der Waals surface area contributed by atoms with E-state index >= 15 is 0 Å². The van der Waals surface area contributed by atoms with E-state index in [2.05, 4.69) is 5.10 Å². The average Bonchev–Trinajstić information content (AvgIpc) is 2.64. The van der Waals surface area contributed by atoms with Crippen LogP contribution < -0.4 is 0 Å². The largest absolute Gasteiger partial charge is 0.367 e. The standard InChI is InChI=1S/C14H22N2O2/c1-3-18-14(8-6-4-5-7-9-14)13(17)12-10-15-16(2)11-12/h10-11H,3-9H2,1-2H3. The van der Waals surface area contributed by atoms with E-state index in [1.807, 2.05) is 14.0 Å². The zero-order valence-corrected chi connectivity index (χ0v) is 11.3. The maximum atomic E-state index is 12.7. The smallest absolute Gasteiger partial charge is 0.197 e. The number of hydrogen-bond acceptors (Lipinski definition) is 3. The fourth-order valence-corrected chi connectivity index (χ4v) is 2.81. The lowest BCUT2D eigenvalue weighted by Crippen LogP contribution is -2.41. The number of aryl methyl sites for hydroxylation is 1. The van der Waals surface area contributed by atoms with Gasteiger partial charge in [0.1, 0.15) is 5.60 Å². The second-order valence-corrected chi connectivity index (χ2v) is 5.07. The lowest BCUT2D eigenvalue weighted by atomic mass is 9.86. The molecule has 0 atom stereocenters. The van der Waals surface area contributed by atoms with Crippen LogP contribution in [0.4, 0.5) is 0 Å². The first kappa shape index (κ1) is 13.3. The molecule has 0 saturated heterocycles. The van der Waals surface area contributed by atoms with Crippen molar-refractivity contribution in [1.82, 2.24) is 9.78 Å². The Morgan fingerprint density at radius 3 is 2.56 bits per heavy atom. The van der Waals surface area contributed by atoms with Crippen molar-refractivity contribution in [2.45, 2.75) is 51.0 Å². The highest BCUT2D eigenvalue weighted by Crippen LogP contribution is 2.33. The summed E-state index contributed by atoms with van der Waals surface area (Å²) in [6.07, 6.45) is 9.67. The molecular weight excluding hydrogens is 228 g/mol. The number of Topliss-reactive ketones (excluding diaryl/α,β-unsaturated/α-hetero) is 1. The molecule has 1 aromatic rings. The number of nitrogens with zero attached hydrogens (tertiary/aromatic N) is 2. The van der Waals surface area contributed by atoms with Crippen LogP contribution in [0.1, 0.15) is 55.8 Å². The number of ketones is 1. The molecule has 1 aromatic heterocycles. The van der Waals surface area contributed by atoms with Gasteiger partial charge in [-0.2, -0.15) is 5.10 Å². The third-order valence-electron chi connectivity index (χ3n) is 3.71. The maximum absolute atomic E-state index is 12.7. The maximum Gasteiger partial charge on any atom is 0.197 e. The van der Waals surface area contributed by atoms with E-state index in [4.69, 9.17) is 4.74 Å². The lowest BCUT2D eigenvalue weighted by Gasteiger charge is -2.30. The van der Waals surface area contributed by atoms with Gasteiger partial charge >= 0.3 is 0 Å². The van der Waals surface area contributed by atoms with Crippen LogP contribution >= 0.6 is 0 Å². The predicted octanol–water partition coefficient (Wildman–Crippen LogP) is 2.73. The van der Waals surface area contributed by atoms with Gasteiger partial charge in [-0.15, -0.1) is 0 Å². The Labute approximate surface area is 108 Å². The Morgan fingerprint density at radius 1 is 1.39 bits per heavy atom. The topological polar surface area (TPSA) is 44.1 Å². The molecular formula is C14H22N2O2. The van der Waals surface area contributed by atoms with Crippen LogP contribution in [0.2, 0.25) is 0 Å². The van der Waals surface area contributed by atoms with Crippen LogP contribution in [0.25, 0.3) is 0 Å². The number of aromatic nitrogens is 2. The number of ether oxygens (including phenoxy) is 1. The van der Waals surface area contributed by atoms with E-state index in [0.717, 1.165) is 25.7 Å². The van der Waals surface area contributed by atoms with Crippen LogP contribution in [0.15, 0.2) is 12.4 Å². The minimum atomic E-state index is -0.603. The van der Waals surface area contributed by atoms with Crippen molar-refractivity contribution in [2.24, 2.45) is 7.05 Å². The highest BCUT2D eigenvalue weighted by Gasteiger charge is 2.40. The van der Waals surface area contributed by atoms with Crippen molar-refractivity contribution in [1.29, 1.82) is 0 Å². The number of rotatable bonds is 4. The van der Waals surface area contributed by atoms with E-state index in [1.165, 1.54) is 12.8 Å². The molecule has 18 heavy (non-hydrogen) atoms. The van der Waals surface area contributed by atoms with Crippen LogP contribution in [0.3, 0.4) is 0 Å². The van der Waals surface area contributed by atoms with Gasteiger partial charge in [0.05, 0.1) is 11.8 Å². The summed E-state index contributed by atoms with van der Waals surface area (Å²) < 4.78 is 7.56. The van der Waals surface area contributed by atoms with Gasteiger partial charge in [-0.3, -0.25) is 9.48 Å². The molecule has 4 nitrogen and oxygen atoms in total. The Hall–Kier alpha value is -1.16. The minimum absolute atomic E-state index is 0.111. The zero-order chi connectivity index (χ0) is 13.0. The summed E-state index contributed by atoms with van der Waals surface area (Å²) in [6.45, 7) is 2.55. The summed E-state index contributed by atoms with van der Waals surface area (Å²) in [6, 6.07) is 0. The molecule has 0 unspecified atom stereocenters. The second-order valence-electron chi connectivity index (χ2n) is 5.07. The van der Waals surface area contributed by atoms with Gasteiger partial charge < -0.3 is 4.74 Å². The summed E-state index contributed by atoms with van der Waals surface area (Å²) in [4.78, 5) is 12.7. The van der Waals surface area contributed by atoms with Crippen LogP contribution in [-0.4, -0.2) is 27.8 Å². The first-order chi connectivity index (χ1) is 8.68. The SMILES string of the molecule is CCOC1(C(=O)c2cnn(C)c2)CCCCCC1. The van der Waals surface area contributed by atoms with E-state index in [-0.39, 0.29) is 5.78 Å². The van der Waals surface area contributed by atoms with Crippen molar-refractivity contribution in [2.75, 3.05) is 6.61 Å². The molecule has 4 heteroatoms. The Bertz CT molecular complexity index is 404. The molecule has 0 spiro atoms. The van der Waals surface area contributed by atoms with E-state index in [9.17, 15) is 4.79 Å². The van der Waals surface area contributed by atoms with Gasteiger partial charge in [0.15, 0.2) is 5.78 Å². The fourth-order valence-electron chi connectivity index (χ4n) is 2.81. The molecule has 100 valence electrons. The Morgan fingerprint density at radius 2 is 2.06 bits per heavy atom. The van der Waals surface area contributed by atoms with Crippen molar-refractivity contribution in [3.05, 3.63) is 18.0 Å². The van der Waals surface area contributed by atoms with Crippen molar-refractivity contribution >= 4 is 5.78 Å². The third-order valence-corrected chi connectivity index (χ3v) is 3.71. The summed E-state index contributed by atoms with van der Waals surface area (Å²) in [7, 11) is 1.83. The zero-order valence-electron chi connectivity index (χ0n) is 11.3. The van der Waals surface area contributed by atoms with Gasteiger partial charge in [-0.05, 0) is 19.8 Å². The second kappa shape index (κ2) is 5.65. The summed E-state index contributed by atoms with van der Waals surface area (Å²) in [5.74, 6) is 0.111. The van der Waals surface area contributed by atoms with Gasteiger partial charge in [-0.25, -0.2) is 0 Å². The molecule has 0 aliphatic heterocycles. The summed E-state index contributed by atoms with van der Waals surface area (Å²) in [5, 5.41) is 4.09. The van der Waals surface area contributed by atoms with Crippen molar-refractivity contribution < 1.29 is 9.53 Å². The van der Waals surface area contributed by atoms with Crippen LogP contribution in [0.5, 0.6) is 0 Å². The molecule has 1 fully saturated rings. The van der Waals surface area contributed by atoms with Crippen LogP contribution in [0, 0.1) is 0 Å². The normalized spacial score (nSPS) is 19.4. The van der Waals surface area contributed by atoms with Crippen LogP contribution in [-0.2, 0) is 11.8 Å². The van der Waals surface area contributed by atoms with Crippen molar-refractivity contribution in [3.8, 4) is 0 Å². The molecule has 0 bridgehead atoms. The molecule has 2 rings (SSSR count).